The lowest BCUT2D eigenvalue weighted by molar-refractivity contribution is 0.0267. The number of rotatable bonds is 4. The number of halogens is 1. The van der Waals surface area contributed by atoms with Crippen molar-refractivity contribution in [3.05, 3.63) is 29.3 Å². The van der Waals surface area contributed by atoms with Gasteiger partial charge in [0.15, 0.2) is 0 Å². The molecule has 1 aliphatic rings. The summed E-state index contributed by atoms with van der Waals surface area (Å²) in [6.07, 6.45) is 3.30. The second kappa shape index (κ2) is 6.07. The summed E-state index contributed by atoms with van der Waals surface area (Å²) in [4.78, 5) is 0. The summed E-state index contributed by atoms with van der Waals surface area (Å²) in [7, 11) is 1.75. The minimum absolute atomic E-state index is 0.319. The van der Waals surface area contributed by atoms with Gasteiger partial charge in [0.2, 0.25) is 0 Å². The van der Waals surface area contributed by atoms with Crippen molar-refractivity contribution in [1.29, 1.82) is 0 Å². The molecule has 0 amide bonds. The Morgan fingerprint density at radius 3 is 2.67 bits per heavy atom. The van der Waals surface area contributed by atoms with Gasteiger partial charge in [0.1, 0.15) is 5.75 Å². The fourth-order valence-corrected chi connectivity index (χ4v) is 3.37. The van der Waals surface area contributed by atoms with Gasteiger partial charge < -0.3 is 9.47 Å². The third-order valence-electron chi connectivity index (χ3n) is 3.84. The molecule has 0 bridgehead atoms. The Bertz CT molecular complexity index is 397. The monoisotopic (exact) mass is 312 g/mol. The maximum atomic E-state index is 5.49. The van der Waals surface area contributed by atoms with Gasteiger partial charge in [-0.3, -0.25) is 0 Å². The van der Waals surface area contributed by atoms with Crippen molar-refractivity contribution in [1.82, 2.24) is 0 Å². The lowest BCUT2D eigenvalue weighted by Gasteiger charge is -2.36. The van der Waals surface area contributed by atoms with E-state index in [4.69, 9.17) is 9.47 Å². The van der Waals surface area contributed by atoms with E-state index in [9.17, 15) is 0 Å². The van der Waals surface area contributed by atoms with Crippen LogP contribution < -0.4 is 4.74 Å². The first kappa shape index (κ1) is 13.9. The van der Waals surface area contributed by atoms with Gasteiger partial charge in [0.05, 0.1) is 7.11 Å². The number of alkyl halides is 1. The van der Waals surface area contributed by atoms with Gasteiger partial charge in [-0.1, -0.05) is 33.6 Å². The maximum Gasteiger partial charge on any atom is 0.122 e. The van der Waals surface area contributed by atoms with Crippen LogP contribution in [0.2, 0.25) is 0 Å². The summed E-state index contributed by atoms with van der Waals surface area (Å²) in [6, 6.07) is 6.43. The van der Waals surface area contributed by atoms with Crippen molar-refractivity contribution >= 4 is 15.9 Å². The summed E-state index contributed by atoms with van der Waals surface area (Å²) in [6.45, 7) is 3.88. The molecule has 100 valence electrons. The Labute approximate surface area is 118 Å². The molecule has 0 aromatic heterocycles. The fourth-order valence-electron chi connectivity index (χ4n) is 2.61. The van der Waals surface area contributed by atoms with Crippen molar-refractivity contribution in [2.24, 2.45) is 5.41 Å². The number of hydrogen-bond acceptors (Lipinski definition) is 2. The highest BCUT2D eigenvalue weighted by Crippen LogP contribution is 2.38. The Morgan fingerprint density at radius 1 is 1.33 bits per heavy atom. The molecule has 1 fully saturated rings. The number of benzene rings is 1. The van der Waals surface area contributed by atoms with Gasteiger partial charge in [0.25, 0.3) is 0 Å². The normalized spacial score (nSPS) is 18.6. The first-order chi connectivity index (χ1) is 8.69. The van der Waals surface area contributed by atoms with Crippen LogP contribution in [0.25, 0.3) is 0 Å². The van der Waals surface area contributed by atoms with E-state index >= 15 is 0 Å². The predicted octanol–water partition coefficient (Wildman–Crippen LogP) is 3.74. The minimum atomic E-state index is 0.319. The summed E-state index contributed by atoms with van der Waals surface area (Å²) in [5.74, 6) is 1.01. The number of ether oxygens (including phenoxy) is 2. The highest BCUT2D eigenvalue weighted by molar-refractivity contribution is 9.09. The van der Waals surface area contributed by atoms with Crippen LogP contribution in [0.15, 0.2) is 18.2 Å². The smallest absolute Gasteiger partial charge is 0.122 e. The Morgan fingerprint density at radius 2 is 2.06 bits per heavy atom. The molecule has 1 aromatic rings. The molecule has 0 unspecified atom stereocenters. The molecule has 0 atom stereocenters. The van der Waals surface area contributed by atoms with Gasteiger partial charge in [-0.05, 0) is 43.2 Å². The quantitative estimate of drug-likeness (QED) is 0.789. The standard InChI is InChI=1S/C15H21BrO2/c1-12-3-4-14(17-2)13(9-12)10-15(11-16)5-7-18-8-6-15/h3-4,9H,5-8,10-11H2,1-2H3. The zero-order chi connectivity index (χ0) is 13.0. The zero-order valence-electron chi connectivity index (χ0n) is 11.2. The van der Waals surface area contributed by atoms with Crippen molar-refractivity contribution in [3.8, 4) is 5.75 Å². The van der Waals surface area contributed by atoms with Crippen LogP contribution in [0.3, 0.4) is 0 Å². The van der Waals surface area contributed by atoms with E-state index in [0.717, 1.165) is 43.6 Å². The molecule has 1 heterocycles. The Balaban J connectivity index is 2.23. The van der Waals surface area contributed by atoms with E-state index in [0.29, 0.717) is 5.41 Å². The topological polar surface area (TPSA) is 18.5 Å². The van der Waals surface area contributed by atoms with E-state index in [-0.39, 0.29) is 0 Å². The van der Waals surface area contributed by atoms with E-state index < -0.39 is 0 Å². The van der Waals surface area contributed by atoms with E-state index in [1.54, 1.807) is 7.11 Å². The van der Waals surface area contributed by atoms with Gasteiger partial charge in [-0.15, -0.1) is 0 Å². The zero-order valence-corrected chi connectivity index (χ0v) is 12.8. The van der Waals surface area contributed by atoms with Crippen molar-refractivity contribution in [2.75, 3.05) is 25.7 Å². The SMILES string of the molecule is COc1ccc(C)cc1CC1(CBr)CCOCC1. The van der Waals surface area contributed by atoms with Crippen molar-refractivity contribution in [3.63, 3.8) is 0 Å². The number of hydrogen-bond donors (Lipinski definition) is 0. The fraction of sp³-hybridized carbons (Fsp3) is 0.600. The van der Waals surface area contributed by atoms with Crippen LogP contribution in [0.4, 0.5) is 0 Å². The van der Waals surface area contributed by atoms with Crippen molar-refractivity contribution < 1.29 is 9.47 Å². The second-order valence-corrected chi connectivity index (χ2v) is 5.80. The summed E-state index contributed by atoms with van der Waals surface area (Å²) in [5.41, 5.74) is 2.93. The highest BCUT2D eigenvalue weighted by Gasteiger charge is 2.32. The molecule has 2 nitrogen and oxygen atoms in total. The molecule has 1 aromatic carbocycles. The lowest BCUT2D eigenvalue weighted by Crippen LogP contribution is -2.33. The highest BCUT2D eigenvalue weighted by atomic mass is 79.9. The molecular formula is C15H21BrO2. The molecule has 0 N–H and O–H groups in total. The average molecular weight is 313 g/mol. The van der Waals surface area contributed by atoms with Crippen LogP contribution in [0.1, 0.15) is 24.0 Å². The molecule has 0 saturated carbocycles. The molecule has 3 heteroatoms. The molecule has 0 spiro atoms. The van der Waals surface area contributed by atoms with Gasteiger partial charge in [0, 0.05) is 18.5 Å². The molecule has 0 aliphatic carbocycles. The van der Waals surface area contributed by atoms with E-state index in [1.165, 1.54) is 11.1 Å². The number of methoxy groups -OCH3 is 1. The van der Waals surface area contributed by atoms with Gasteiger partial charge >= 0.3 is 0 Å². The van der Waals surface area contributed by atoms with Crippen LogP contribution in [-0.4, -0.2) is 25.7 Å². The molecule has 18 heavy (non-hydrogen) atoms. The first-order valence-corrected chi connectivity index (χ1v) is 7.58. The summed E-state index contributed by atoms with van der Waals surface area (Å²) >= 11 is 3.69. The van der Waals surface area contributed by atoms with Crippen molar-refractivity contribution in [2.45, 2.75) is 26.2 Å². The molecule has 1 aliphatic heterocycles. The molecule has 0 radical (unpaired) electrons. The first-order valence-electron chi connectivity index (χ1n) is 6.46. The third-order valence-corrected chi connectivity index (χ3v) is 5.03. The van der Waals surface area contributed by atoms with Crippen LogP contribution in [-0.2, 0) is 11.2 Å². The third kappa shape index (κ3) is 3.07. The van der Waals surface area contributed by atoms with Gasteiger partial charge in [-0.25, -0.2) is 0 Å². The van der Waals surface area contributed by atoms with E-state index in [2.05, 4.69) is 41.1 Å². The maximum absolute atomic E-state index is 5.49. The molecule has 1 saturated heterocycles. The summed E-state index contributed by atoms with van der Waals surface area (Å²) in [5, 5.41) is 1.03. The van der Waals surface area contributed by atoms with Crippen LogP contribution in [0, 0.1) is 12.3 Å². The molecular weight excluding hydrogens is 292 g/mol. The predicted molar refractivity (Wildman–Crippen MR) is 77.7 cm³/mol. The minimum Gasteiger partial charge on any atom is -0.496 e. The Hall–Kier alpha value is -0.540. The van der Waals surface area contributed by atoms with E-state index in [1.807, 2.05) is 0 Å². The lowest BCUT2D eigenvalue weighted by atomic mass is 9.77. The summed E-state index contributed by atoms with van der Waals surface area (Å²) < 4.78 is 11.0. The largest absolute Gasteiger partial charge is 0.496 e. The van der Waals surface area contributed by atoms with Crippen LogP contribution >= 0.6 is 15.9 Å². The molecule has 2 rings (SSSR count). The average Bonchev–Trinajstić information content (AvgIpc) is 2.40. The Kier molecular flexibility index (Phi) is 4.68. The van der Waals surface area contributed by atoms with Gasteiger partial charge in [-0.2, -0.15) is 0 Å². The van der Waals surface area contributed by atoms with Crippen LogP contribution in [0.5, 0.6) is 5.75 Å². The second-order valence-electron chi connectivity index (χ2n) is 5.24. The number of aryl methyl sites for hydroxylation is 1.